The van der Waals surface area contributed by atoms with Crippen molar-refractivity contribution in [3.05, 3.63) is 77.2 Å². The first-order valence-electron chi connectivity index (χ1n) is 10.8. The van der Waals surface area contributed by atoms with E-state index in [9.17, 15) is 0 Å². The highest BCUT2D eigenvalue weighted by atomic mass is 16.4. The Morgan fingerprint density at radius 3 is 2.31 bits per heavy atom. The number of imidazole rings is 1. The van der Waals surface area contributed by atoms with Crippen molar-refractivity contribution in [3.8, 4) is 17.1 Å². The predicted molar refractivity (Wildman–Crippen MR) is 126 cm³/mol. The molecule has 3 heterocycles. The number of rotatable bonds is 2. The zero-order valence-electron chi connectivity index (χ0n) is 18.9. The normalized spacial score (nSPS) is 11.9. The Kier molecular flexibility index (Phi) is 3.87. The van der Waals surface area contributed by atoms with Crippen LogP contribution in [-0.2, 0) is 7.05 Å². The van der Waals surface area contributed by atoms with Crippen molar-refractivity contribution >= 4 is 33.3 Å². The molecule has 0 bridgehead atoms. The van der Waals surface area contributed by atoms with Gasteiger partial charge in [-0.1, -0.05) is 36.4 Å². The average Bonchev–Trinajstić information content (AvgIpc) is 3.38. The number of nitrogens with zero attached hydrogens (tertiary/aromatic N) is 3. The standard InChI is InChI=1S/C27H24N3O2/c1-15-13-14-19-24(32-26-25(19)31-18(4)28-26)22(15)27-29(5)20-11-6-7-12-21(20)30(27)23-16(2)9-8-10-17(23)3/h6-14H,1-5H3/q+1. The zero-order chi connectivity index (χ0) is 22.1. The number of hydrogen-bond donors (Lipinski definition) is 0. The largest absolute Gasteiger partial charge is 0.437 e. The summed E-state index contributed by atoms with van der Waals surface area (Å²) in [5, 5.41) is 0.944. The lowest BCUT2D eigenvalue weighted by Gasteiger charge is -2.11. The third kappa shape index (κ3) is 2.45. The van der Waals surface area contributed by atoms with Crippen molar-refractivity contribution in [3.63, 3.8) is 0 Å². The number of fused-ring (bicyclic) bond motifs is 4. The third-order valence-electron chi connectivity index (χ3n) is 6.41. The Hall–Kier alpha value is -3.86. The minimum atomic E-state index is 0.543. The molecular formula is C27H24N3O2+. The number of para-hydroxylation sites is 3. The molecule has 6 rings (SSSR count). The molecule has 3 aromatic heterocycles. The van der Waals surface area contributed by atoms with Crippen LogP contribution in [0.15, 0.2) is 63.4 Å². The molecule has 0 aliphatic carbocycles. The van der Waals surface area contributed by atoms with E-state index < -0.39 is 0 Å². The van der Waals surface area contributed by atoms with E-state index in [1.807, 2.05) is 6.92 Å². The van der Waals surface area contributed by atoms with E-state index in [0.717, 1.165) is 39.0 Å². The number of oxazole rings is 1. The lowest BCUT2D eigenvalue weighted by atomic mass is 10.0. The van der Waals surface area contributed by atoms with Crippen LogP contribution in [0.4, 0.5) is 0 Å². The van der Waals surface area contributed by atoms with Gasteiger partial charge < -0.3 is 8.83 Å². The maximum Gasteiger partial charge on any atom is 0.299 e. The Morgan fingerprint density at radius 2 is 1.53 bits per heavy atom. The van der Waals surface area contributed by atoms with Gasteiger partial charge in [-0.2, -0.15) is 9.55 Å². The molecule has 158 valence electrons. The molecule has 0 spiro atoms. The van der Waals surface area contributed by atoms with E-state index in [-0.39, 0.29) is 0 Å². The van der Waals surface area contributed by atoms with Crippen LogP contribution in [0.1, 0.15) is 22.6 Å². The Bertz CT molecular complexity index is 1660. The van der Waals surface area contributed by atoms with Gasteiger partial charge in [-0.05, 0) is 55.7 Å². The molecule has 0 saturated heterocycles. The van der Waals surface area contributed by atoms with E-state index in [0.29, 0.717) is 17.2 Å². The Balaban J connectivity index is 1.82. The molecule has 3 aromatic carbocycles. The second-order valence-electron chi connectivity index (χ2n) is 8.55. The minimum Gasteiger partial charge on any atom is -0.437 e. The quantitative estimate of drug-likeness (QED) is 0.310. The van der Waals surface area contributed by atoms with Crippen molar-refractivity contribution in [1.29, 1.82) is 0 Å². The highest BCUT2D eigenvalue weighted by Gasteiger charge is 2.32. The minimum absolute atomic E-state index is 0.543. The summed E-state index contributed by atoms with van der Waals surface area (Å²) < 4.78 is 16.8. The van der Waals surface area contributed by atoms with E-state index in [4.69, 9.17) is 8.83 Å². The number of hydrogen-bond acceptors (Lipinski definition) is 3. The highest BCUT2D eigenvalue weighted by molar-refractivity contribution is 6.06. The van der Waals surface area contributed by atoms with Gasteiger partial charge in [0.05, 0.1) is 12.4 Å². The lowest BCUT2D eigenvalue weighted by Crippen LogP contribution is -2.30. The van der Waals surface area contributed by atoms with Gasteiger partial charge in [0.2, 0.25) is 5.58 Å². The van der Waals surface area contributed by atoms with E-state index >= 15 is 0 Å². The predicted octanol–water partition coefficient (Wildman–Crippen LogP) is 6.24. The van der Waals surface area contributed by atoms with Crippen molar-refractivity contribution in [2.24, 2.45) is 7.05 Å². The van der Waals surface area contributed by atoms with E-state index in [2.05, 4.69) is 96.5 Å². The fraction of sp³-hybridized carbons (Fsp3) is 0.185. The Morgan fingerprint density at radius 1 is 0.781 bits per heavy atom. The molecule has 0 radical (unpaired) electrons. The summed E-state index contributed by atoms with van der Waals surface area (Å²) in [7, 11) is 2.12. The second kappa shape index (κ2) is 6.57. The first kappa shape index (κ1) is 18.9. The van der Waals surface area contributed by atoms with E-state index in [1.54, 1.807) is 0 Å². The lowest BCUT2D eigenvalue weighted by molar-refractivity contribution is -0.633. The van der Waals surface area contributed by atoms with Gasteiger partial charge in [-0.25, -0.2) is 4.57 Å². The molecule has 5 heteroatoms. The van der Waals surface area contributed by atoms with Gasteiger partial charge in [-0.3, -0.25) is 0 Å². The number of aryl methyl sites for hydroxylation is 5. The smallest absolute Gasteiger partial charge is 0.299 e. The molecule has 0 saturated carbocycles. The monoisotopic (exact) mass is 422 g/mol. The fourth-order valence-corrected chi connectivity index (χ4v) is 4.97. The average molecular weight is 423 g/mol. The van der Waals surface area contributed by atoms with Crippen LogP contribution >= 0.6 is 0 Å². The van der Waals surface area contributed by atoms with Gasteiger partial charge >= 0.3 is 0 Å². The summed E-state index contributed by atoms with van der Waals surface area (Å²) in [5.41, 5.74) is 10.2. The van der Waals surface area contributed by atoms with Gasteiger partial charge in [0, 0.05) is 6.92 Å². The summed E-state index contributed by atoms with van der Waals surface area (Å²) in [5.74, 6) is 1.68. The SMILES string of the molecule is Cc1nc2oc3c(-c4n(-c5c(C)cccc5C)c5ccccc5[n+]4C)c(C)ccc3c2o1. The van der Waals surface area contributed by atoms with Gasteiger partial charge in [-0.15, -0.1) is 0 Å². The van der Waals surface area contributed by atoms with Crippen molar-refractivity contribution in [2.75, 3.05) is 0 Å². The van der Waals surface area contributed by atoms with Crippen LogP contribution in [0.25, 0.3) is 50.4 Å². The van der Waals surface area contributed by atoms with Crippen LogP contribution in [-0.4, -0.2) is 9.55 Å². The molecule has 0 aliphatic heterocycles. The van der Waals surface area contributed by atoms with Gasteiger partial charge in [0.1, 0.15) is 11.3 Å². The van der Waals surface area contributed by atoms with Crippen molar-refractivity contribution < 1.29 is 13.4 Å². The highest BCUT2D eigenvalue weighted by Crippen LogP contribution is 2.39. The molecule has 0 aliphatic rings. The zero-order valence-corrected chi connectivity index (χ0v) is 18.9. The summed E-state index contributed by atoms with van der Waals surface area (Å²) >= 11 is 0. The number of aromatic nitrogens is 3. The van der Waals surface area contributed by atoms with Crippen LogP contribution in [0.2, 0.25) is 0 Å². The van der Waals surface area contributed by atoms with Crippen LogP contribution in [0.3, 0.4) is 0 Å². The molecule has 0 N–H and O–H groups in total. The molecule has 0 unspecified atom stereocenters. The summed E-state index contributed by atoms with van der Waals surface area (Å²) in [6.45, 7) is 8.31. The topological polar surface area (TPSA) is 48.0 Å². The van der Waals surface area contributed by atoms with Crippen molar-refractivity contribution in [2.45, 2.75) is 27.7 Å². The molecular weight excluding hydrogens is 398 g/mol. The van der Waals surface area contributed by atoms with Crippen molar-refractivity contribution in [1.82, 2.24) is 9.55 Å². The van der Waals surface area contributed by atoms with Crippen LogP contribution < -0.4 is 4.57 Å². The molecule has 0 fully saturated rings. The van der Waals surface area contributed by atoms with Crippen LogP contribution in [0.5, 0.6) is 0 Å². The van der Waals surface area contributed by atoms with Gasteiger partial charge in [0.15, 0.2) is 22.5 Å². The first-order valence-corrected chi connectivity index (χ1v) is 10.8. The van der Waals surface area contributed by atoms with E-state index in [1.165, 1.54) is 16.8 Å². The fourth-order valence-electron chi connectivity index (χ4n) is 4.97. The summed E-state index contributed by atoms with van der Waals surface area (Å²) in [4.78, 5) is 4.44. The third-order valence-corrected chi connectivity index (χ3v) is 6.41. The van der Waals surface area contributed by atoms with Gasteiger partial charge in [0.25, 0.3) is 11.5 Å². The molecule has 32 heavy (non-hydrogen) atoms. The number of furan rings is 1. The molecule has 6 aromatic rings. The second-order valence-corrected chi connectivity index (χ2v) is 8.55. The van der Waals surface area contributed by atoms with Crippen LogP contribution in [0, 0.1) is 27.7 Å². The first-order chi connectivity index (χ1) is 15.5. The maximum absolute atomic E-state index is 6.31. The summed E-state index contributed by atoms with van der Waals surface area (Å²) in [6.07, 6.45) is 0. The maximum atomic E-state index is 6.31. The Labute approximate surface area is 185 Å². The molecule has 5 nitrogen and oxygen atoms in total. The summed E-state index contributed by atoms with van der Waals surface area (Å²) in [6, 6.07) is 19.2. The molecule has 0 amide bonds. The number of benzene rings is 3. The molecule has 0 atom stereocenters.